The zero-order valence-electron chi connectivity index (χ0n) is 10.4. The Morgan fingerprint density at radius 3 is 1.25 bits per heavy atom. The summed E-state index contributed by atoms with van der Waals surface area (Å²) in [6, 6.07) is -1.85. The van der Waals surface area contributed by atoms with Gasteiger partial charge in [-0.05, 0) is 0 Å². The van der Waals surface area contributed by atoms with Crippen molar-refractivity contribution in [2.75, 3.05) is 24.7 Å². The van der Waals surface area contributed by atoms with E-state index in [2.05, 4.69) is 0 Å². The normalized spacial score (nSPS) is 11.8. The number of hydrogen-bond donors (Lipinski definition) is 6. The van der Waals surface area contributed by atoms with E-state index < -0.39 is 24.0 Å². The monoisotopic (exact) mass is 374 g/mol. The highest BCUT2D eigenvalue weighted by molar-refractivity contribution is 8.76. The third kappa shape index (κ3) is 20.4. The van der Waals surface area contributed by atoms with Gasteiger partial charge in [0.05, 0.1) is 13.2 Å². The van der Waals surface area contributed by atoms with E-state index in [0.29, 0.717) is 0 Å². The molecule has 0 heterocycles. The fourth-order valence-electron chi connectivity index (χ4n) is 0.385. The van der Waals surface area contributed by atoms with Crippen molar-refractivity contribution in [3.8, 4) is 0 Å². The van der Waals surface area contributed by atoms with Gasteiger partial charge in [-0.15, -0.1) is 24.8 Å². The van der Waals surface area contributed by atoms with E-state index in [-0.39, 0.29) is 49.5 Å². The standard InChI is InChI=1S/C6H12N2O4S2.C2H6O2.2ClH/c7-3(5(9)10)1-13-14-2-4(8)6(11)12;3-1-2-4;;/h3-4H,1-2,7-8H2,(H,9,10)(H,11,12);3-4H,1-2H2;2*1H/t3-,4-;;;/m0.../s1. The summed E-state index contributed by atoms with van der Waals surface area (Å²) in [4.78, 5) is 20.5. The van der Waals surface area contributed by atoms with Gasteiger partial charge < -0.3 is 31.9 Å². The van der Waals surface area contributed by atoms with Gasteiger partial charge in [0.2, 0.25) is 0 Å². The molecule has 8 nitrogen and oxygen atoms in total. The number of carbonyl (C=O) groups is 2. The topological polar surface area (TPSA) is 167 Å². The Morgan fingerprint density at radius 1 is 0.850 bits per heavy atom. The van der Waals surface area contributed by atoms with Crippen molar-refractivity contribution in [3.63, 3.8) is 0 Å². The van der Waals surface area contributed by atoms with Crippen molar-refractivity contribution in [3.05, 3.63) is 0 Å². The summed E-state index contributed by atoms with van der Waals surface area (Å²) >= 11 is 0. The maximum absolute atomic E-state index is 10.3. The highest BCUT2D eigenvalue weighted by Crippen LogP contribution is 2.22. The molecule has 0 aliphatic rings. The second-order valence-electron chi connectivity index (χ2n) is 2.91. The maximum atomic E-state index is 10.3. The van der Waals surface area contributed by atoms with E-state index in [4.69, 9.17) is 31.9 Å². The lowest BCUT2D eigenvalue weighted by atomic mass is 10.4. The molecular weight excluding hydrogens is 355 g/mol. The largest absolute Gasteiger partial charge is 0.480 e. The smallest absolute Gasteiger partial charge is 0.321 e. The van der Waals surface area contributed by atoms with Crippen LogP contribution >= 0.6 is 46.4 Å². The lowest BCUT2D eigenvalue weighted by molar-refractivity contribution is -0.138. The van der Waals surface area contributed by atoms with Crippen LogP contribution in [0.25, 0.3) is 0 Å². The molecule has 12 heteroatoms. The highest BCUT2D eigenvalue weighted by atomic mass is 35.5. The first-order valence-corrected chi connectivity index (χ1v) is 7.28. The molecule has 20 heavy (non-hydrogen) atoms. The second-order valence-corrected chi connectivity index (χ2v) is 5.46. The van der Waals surface area contributed by atoms with Gasteiger partial charge >= 0.3 is 11.9 Å². The predicted octanol–water partition coefficient (Wildman–Crippen LogP) is -0.994. The lowest BCUT2D eigenvalue weighted by Gasteiger charge is -2.07. The van der Waals surface area contributed by atoms with Gasteiger partial charge in [-0.1, -0.05) is 21.6 Å². The highest BCUT2D eigenvalue weighted by Gasteiger charge is 2.14. The summed E-state index contributed by atoms with van der Waals surface area (Å²) in [5.41, 5.74) is 10.4. The molecular formula is C8H20Cl2N2O6S2. The molecule has 0 fully saturated rings. The Morgan fingerprint density at radius 2 is 1.10 bits per heavy atom. The molecule has 2 atom stereocenters. The van der Waals surface area contributed by atoms with Crippen LogP contribution in [0.3, 0.4) is 0 Å². The average Bonchev–Trinajstić information content (AvgIpc) is 2.33. The van der Waals surface area contributed by atoms with Crippen LogP contribution in [0.5, 0.6) is 0 Å². The van der Waals surface area contributed by atoms with Gasteiger partial charge in [0.15, 0.2) is 0 Å². The van der Waals surface area contributed by atoms with Gasteiger partial charge in [0.25, 0.3) is 0 Å². The molecule has 0 radical (unpaired) electrons. The average molecular weight is 375 g/mol. The van der Waals surface area contributed by atoms with E-state index in [1.54, 1.807) is 0 Å². The number of hydrogen-bond acceptors (Lipinski definition) is 8. The maximum Gasteiger partial charge on any atom is 0.321 e. The number of halogens is 2. The predicted molar refractivity (Wildman–Crippen MR) is 84.8 cm³/mol. The summed E-state index contributed by atoms with van der Waals surface area (Å²) in [6.07, 6.45) is 0. The number of aliphatic hydroxyl groups excluding tert-OH is 2. The van der Waals surface area contributed by atoms with Gasteiger partial charge in [0.1, 0.15) is 12.1 Å². The van der Waals surface area contributed by atoms with Crippen LogP contribution in [0.4, 0.5) is 0 Å². The molecule has 0 aliphatic heterocycles. The molecule has 8 N–H and O–H groups in total. The second kappa shape index (κ2) is 19.1. The number of carboxylic acid groups (broad SMARTS) is 2. The third-order valence-electron chi connectivity index (χ3n) is 1.31. The molecule has 0 aromatic heterocycles. The first-order chi connectivity index (χ1) is 8.36. The van der Waals surface area contributed by atoms with Crippen LogP contribution in [-0.2, 0) is 9.59 Å². The van der Waals surface area contributed by atoms with Gasteiger partial charge in [-0.25, -0.2) is 0 Å². The van der Waals surface area contributed by atoms with Crippen LogP contribution in [0.1, 0.15) is 0 Å². The van der Waals surface area contributed by atoms with Crippen LogP contribution in [-0.4, -0.2) is 69.2 Å². The minimum atomic E-state index is -1.07. The van der Waals surface area contributed by atoms with E-state index >= 15 is 0 Å². The zero-order valence-corrected chi connectivity index (χ0v) is 13.6. The Labute approximate surface area is 136 Å². The Kier molecular flexibility index (Phi) is 26.9. The van der Waals surface area contributed by atoms with E-state index in [9.17, 15) is 9.59 Å². The Balaban J connectivity index is -0.000000188. The van der Waals surface area contributed by atoms with Crippen molar-refractivity contribution in [2.45, 2.75) is 12.1 Å². The van der Waals surface area contributed by atoms with Crippen LogP contribution in [0.15, 0.2) is 0 Å². The Bertz CT molecular complexity index is 229. The molecule has 0 spiro atoms. The SMILES string of the molecule is Cl.Cl.N[C@@H](CSSC[C@H](N)C(=O)O)C(=O)O.OCCO. The van der Waals surface area contributed by atoms with Crippen molar-refractivity contribution in [2.24, 2.45) is 11.5 Å². The number of rotatable bonds is 8. The minimum Gasteiger partial charge on any atom is -0.480 e. The van der Waals surface area contributed by atoms with Crippen molar-refractivity contribution >= 4 is 58.3 Å². The van der Waals surface area contributed by atoms with Crippen LogP contribution in [0, 0.1) is 0 Å². The van der Waals surface area contributed by atoms with Gasteiger partial charge in [0, 0.05) is 11.5 Å². The first kappa shape index (κ1) is 28.3. The van der Waals surface area contributed by atoms with Gasteiger partial charge in [-0.2, -0.15) is 0 Å². The van der Waals surface area contributed by atoms with Crippen molar-refractivity contribution in [1.29, 1.82) is 0 Å². The van der Waals surface area contributed by atoms with E-state index in [1.165, 1.54) is 21.6 Å². The molecule has 0 aliphatic carbocycles. The number of carboxylic acids is 2. The summed E-state index contributed by atoms with van der Waals surface area (Å²) in [7, 11) is 2.41. The van der Waals surface area contributed by atoms with Gasteiger partial charge in [-0.3, -0.25) is 9.59 Å². The van der Waals surface area contributed by atoms with Crippen molar-refractivity contribution < 1.29 is 30.0 Å². The summed E-state index contributed by atoms with van der Waals surface area (Å²) in [5, 5.41) is 32.1. The quantitative estimate of drug-likeness (QED) is 0.229. The minimum absolute atomic E-state index is 0. The van der Waals surface area contributed by atoms with E-state index in [1.807, 2.05) is 0 Å². The van der Waals surface area contributed by atoms with Crippen LogP contribution in [0.2, 0.25) is 0 Å². The molecule has 124 valence electrons. The Hall–Kier alpha value is 0.0600. The molecule has 0 amide bonds. The fraction of sp³-hybridized carbons (Fsp3) is 0.750. The zero-order chi connectivity index (χ0) is 14.6. The third-order valence-corrected chi connectivity index (χ3v) is 3.79. The summed E-state index contributed by atoms with van der Waals surface area (Å²) in [6.45, 7) is -0.250. The fourth-order valence-corrected chi connectivity index (χ4v) is 2.61. The van der Waals surface area contributed by atoms with E-state index in [0.717, 1.165) is 0 Å². The molecule has 0 aromatic carbocycles. The molecule has 0 bridgehead atoms. The molecule has 0 saturated carbocycles. The summed E-state index contributed by atoms with van der Waals surface area (Å²) < 4.78 is 0. The number of aliphatic carboxylic acids is 2. The molecule has 0 unspecified atom stereocenters. The number of aliphatic hydroxyl groups is 2. The lowest BCUT2D eigenvalue weighted by Crippen LogP contribution is -2.33. The van der Waals surface area contributed by atoms with Crippen LogP contribution < -0.4 is 11.5 Å². The molecule has 0 saturated heterocycles. The molecule has 0 rings (SSSR count). The van der Waals surface area contributed by atoms with Crippen molar-refractivity contribution in [1.82, 2.24) is 0 Å². The number of nitrogens with two attached hydrogens (primary N) is 2. The molecule has 0 aromatic rings. The first-order valence-electron chi connectivity index (χ1n) is 4.79. The summed E-state index contributed by atoms with van der Waals surface area (Å²) in [5.74, 6) is -1.68.